The molecule has 9 heteroatoms. The minimum atomic E-state index is -0.904. The maximum atomic E-state index is 12.6. The summed E-state index contributed by atoms with van der Waals surface area (Å²) in [6, 6.07) is 0.377. The third kappa shape index (κ3) is 2.62. The number of aromatic nitrogens is 2. The average Bonchev–Trinajstić information content (AvgIpc) is 3.27. The highest BCUT2D eigenvalue weighted by atomic mass is 16.6. The molecule has 1 aromatic heterocycles. The molecule has 0 spiro atoms. The van der Waals surface area contributed by atoms with Crippen molar-refractivity contribution in [2.75, 3.05) is 39.4 Å². The van der Waals surface area contributed by atoms with E-state index in [4.69, 9.17) is 4.74 Å². The summed E-state index contributed by atoms with van der Waals surface area (Å²) in [6.45, 7) is 4.94. The van der Waals surface area contributed by atoms with Gasteiger partial charge in [-0.1, -0.05) is 5.16 Å². The van der Waals surface area contributed by atoms with Gasteiger partial charge in [-0.15, -0.1) is 0 Å². The predicted molar refractivity (Wildman–Crippen MR) is 83.9 cm³/mol. The number of carbonyl (C=O) groups is 2. The van der Waals surface area contributed by atoms with Gasteiger partial charge in [-0.2, -0.15) is 0 Å². The SMILES string of the molecule is Cc1nonc1C(=O)N1C[C@H]2CN(C3CCOCC3)C[C@@]2(C(=O)O)C1. The van der Waals surface area contributed by atoms with Crippen molar-refractivity contribution in [3.05, 3.63) is 11.4 Å². The minimum absolute atomic E-state index is 0.0723. The van der Waals surface area contributed by atoms with Crippen molar-refractivity contribution in [1.29, 1.82) is 0 Å². The number of likely N-dealkylation sites (tertiary alicyclic amines) is 2. The van der Waals surface area contributed by atoms with Crippen molar-refractivity contribution in [1.82, 2.24) is 20.1 Å². The first kappa shape index (κ1) is 16.5. The van der Waals surface area contributed by atoms with E-state index in [1.807, 2.05) is 0 Å². The number of nitrogens with zero attached hydrogens (tertiary/aromatic N) is 4. The molecule has 2 atom stereocenters. The van der Waals surface area contributed by atoms with E-state index in [-0.39, 0.29) is 24.1 Å². The summed E-state index contributed by atoms with van der Waals surface area (Å²) >= 11 is 0. The molecule has 3 aliphatic rings. The summed E-state index contributed by atoms with van der Waals surface area (Å²) in [7, 11) is 0. The van der Waals surface area contributed by atoms with Crippen LogP contribution in [0, 0.1) is 18.3 Å². The molecule has 0 saturated carbocycles. The normalized spacial score (nSPS) is 30.6. The molecule has 0 bridgehead atoms. The van der Waals surface area contributed by atoms with E-state index in [2.05, 4.69) is 19.8 Å². The smallest absolute Gasteiger partial charge is 0.313 e. The van der Waals surface area contributed by atoms with Crippen molar-refractivity contribution in [3.63, 3.8) is 0 Å². The Labute approximate surface area is 144 Å². The first-order chi connectivity index (χ1) is 12.0. The number of hydrogen-bond acceptors (Lipinski definition) is 7. The van der Waals surface area contributed by atoms with Gasteiger partial charge >= 0.3 is 5.97 Å². The number of hydrogen-bond donors (Lipinski definition) is 1. The molecule has 136 valence electrons. The van der Waals surface area contributed by atoms with Crippen LogP contribution < -0.4 is 0 Å². The van der Waals surface area contributed by atoms with Crippen LogP contribution in [-0.4, -0.2) is 82.5 Å². The molecule has 9 nitrogen and oxygen atoms in total. The van der Waals surface area contributed by atoms with Crippen LogP contribution in [0.15, 0.2) is 4.63 Å². The number of aliphatic carboxylic acids is 1. The minimum Gasteiger partial charge on any atom is -0.481 e. The lowest BCUT2D eigenvalue weighted by atomic mass is 9.81. The van der Waals surface area contributed by atoms with Crippen LogP contribution in [0.2, 0.25) is 0 Å². The van der Waals surface area contributed by atoms with Gasteiger partial charge in [0.05, 0.1) is 0 Å². The second kappa shape index (κ2) is 6.06. The van der Waals surface area contributed by atoms with Gasteiger partial charge in [0.15, 0.2) is 5.69 Å². The number of amides is 1. The number of carboxylic acids is 1. The largest absolute Gasteiger partial charge is 0.481 e. The Morgan fingerprint density at radius 3 is 2.56 bits per heavy atom. The van der Waals surface area contributed by atoms with Crippen LogP contribution in [0.1, 0.15) is 29.0 Å². The number of ether oxygens (including phenoxy) is 1. The summed E-state index contributed by atoms with van der Waals surface area (Å²) < 4.78 is 10.0. The van der Waals surface area contributed by atoms with Gasteiger partial charge in [-0.05, 0) is 24.9 Å². The molecule has 3 aliphatic heterocycles. The van der Waals surface area contributed by atoms with Gasteiger partial charge < -0.3 is 14.7 Å². The molecule has 0 radical (unpaired) electrons. The Hall–Kier alpha value is -2.00. The third-order valence-electron chi connectivity index (χ3n) is 5.91. The lowest BCUT2D eigenvalue weighted by Gasteiger charge is -2.33. The maximum absolute atomic E-state index is 12.6. The van der Waals surface area contributed by atoms with Crippen molar-refractivity contribution in [3.8, 4) is 0 Å². The third-order valence-corrected chi connectivity index (χ3v) is 5.91. The van der Waals surface area contributed by atoms with Gasteiger partial charge in [0.1, 0.15) is 11.1 Å². The molecule has 0 unspecified atom stereocenters. The van der Waals surface area contributed by atoms with Crippen molar-refractivity contribution >= 4 is 11.9 Å². The molecule has 3 saturated heterocycles. The molecule has 4 heterocycles. The number of carboxylic acid groups (broad SMARTS) is 1. The van der Waals surface area contributed by atoms with Gasteiger partial charge in [-0.25, -0.2) is 4.63 Å². The van der Waals surface area contributed by atoms with Crippen LogP contribution in [0.25, 0.3) is 0 Å². The zero-order valence-corrected chi connectivity index (χ0v) is 14.2. The summed E-state index contributed by atoms with van der Waals surface area (Å²) in [5.41, 5.74) is -0.309. The molecule has 0 aromatic carbocycles. The first-order valence-corrected chi connectivity index (χ1v) is 8.65. The molecular weight excluding hydrogens is 328 g/mol. The quantitative estimate of drug-likeness (QED) is 0.812. The van der Waals surface area contributed by atoms with E-state index in [1.54, 1.807) is 11.8 Å². The highest BCUT2D eigenvalue weighted by Gasteiger charge is 2.59. The lowest BCUT2D eigenvalue weighted by molar-refractivity contribution is -0.148. The molecule has 25 heavy (non-hydrogen) atoms. The Morgan fingerprint density at radius 2 is 1.96 bits per heavy atom. The summed E-state index contributed by atoms with van der Waals surface area (Å²) in [4.78, 5) is 28.6. The van der Waals surface area contributed by atoms with Gasteiger partial charge in [0, 0.05) is 51.4 Å². The second-order valence-corrected chi connectivity index (χ2v) is 7.32. The number of fused-ring (bicyclic) bond motifs is 1. The molecule has 1 amide bonds. The van der Waals surface area contributed by atoms with Crippen molar-refractivity contribution in [2.24, 2.45) is 11.3 Å². The van der Waals surface area contributed by atoms with Crippen LogP contribution in [-0.2, 0) is 9.53 Å². The van der Waals surface area contributed by atoms with Crippen molar-refractivity contribution < 1.29 is 24.1 Å². The van der Waals surface area contributed by atoms with E-state index in [1.165, 1.54) is 0 Å². The number of rotatable bonds is 3. The zero-order valence-electron chi connectivity index (χ0n) is 14.2. The highest BCUT2D eigenvalue weighted by molar-refractivity contribution is 5.94. The van der Waals surface area contributed by atoms with E-state index < -0.39 is 11.4 Å². The number of aryl methyl sites for hydroxylation is 1. The molecule has 1 aromatic rings. The summed E-state index contributed by atoms with van der Waals surface area (Å²) in [6.07, 6.45) is 1.88. The Kier molecular flexibility index (Phi) is 3.99. The predicted octanol–water partition coefficient (Wildman–Crippen LogP) is 0.0156. The Bertz CT molecular complexity index is 686. The maximum Gasteiger partial charge on any atom is 0.313 e. The highest BCUT2D eigenvalue weighted by Crippen LogP contribution is 2.44. The molecule has 3 fully saturated rings. The van der Waals surface area contributed by atoms with Crippen LogP contribution >= 0.6 is 0 Å². The molecule has 4 rings (SSSR count). The lowest BCUT2D eigenvalue weighted by Crippen LogP contribution is -2.45. The molecule has 0 aliphatic carbocycles. The van der Waals surface area contributed by atoms with Gasteiger partial charge in [-0.3, -0.25) is 14.5 Å². The van der Waals surface area contributed by atoms with Crippen molar-refractivity contribution in [2.45, 2.75) is 25.8 Å². The first-order valence-electron chi connectivity index (χ1n) is 8.65. The zero-order chi connectivity index (χ0) is 17.6. The van der Waals surface area contributed by atoms with Gasteiger partial charge in [0.25, 0.3) is 5.91 Å². The topological polar surface area (TPSA) is 109 Å². The average molecular weight is 350 g/mol. The fraction of sp³-hybridized carbons (Fsp3) is 0.750. The van der Waals surface area contributed by atoms with Gasteiger partial charge in [0.2, 0.25) is 0 Å². The Morgan fingerprint density at radius 1 is 1.20 bits per heavy atom. The monoisotopic (exact) mass is 350 g/mol. The van der Waals surface area contributed by atoms with Crippen LogP contribution in [0.3, 0.4) is 0 Å². The molecule has 1 N–H and O–H groups in total. The van der Waals surface area contributed by atoms with E-state index in [9.17, 15) is 14.7 Å². The van der Waals surface area contributed by atoms with E-state index in [0.717, 1.165) is 26.1 Å². The fourth-order valence-corrected chi connectivity index (χ4v) is 4.47. The Balaban J connectivity index is 1.52. The van der Waals surface area contributed by atoms with E-state index >= 15 is 0 Å². The van der Waals surface area contributed by atoms with Crippen LogP contribution in [0.4, 0.5) is 0 Å². The van der Waals surface area contributed by atoms with E-state index in [0.29, 0.717) is 31.4 Å². The summed E-state index contributed by atoms with van der Waals surface area (Å²) in [5, 5.41) is 17.2. The second-order valence-electron chi connectivity index (χ2n) is 7.32. The molecular formula is C16H22N4O5. The number of carbonyl (C=O) groups excluding carboxylic acids is 1. The summed E-state index contributed by atoms with van der Waals surface area (Å²) in [5.74, 6) is -1.19. The van der Waals surface area contributed by atoms with Crippen LogP contribution in [0.5, 0.6) is 0 Å². The standard InChI is InChI=1S/C16H22N4O5/c1-10-13(18-25-17-10)14(21)20-7-11-6-19(12-2-4-24-5-3-12)8-16(11,9-20)15(22)23/h11-12H,2-9H2,1H3,(H,22,23)/t11-,16-/m1/s1. The fourth-order valence-electron chi connectivity index (χ4n) is 4.47.